The van der Waals surface area contributed by atoms with E-state index in [1.807, 2.05) is 0 Å². The van der Waals surface area contributed by atoms with Crippen LogP contribution in [0.1, 0.15) is 33.6 Å². The molecule has 0 saturated heterocycles. The molecule has 68 valence electrons. The molecule has 2 nitrogen and oxygen atoms in total. The molecule has 0 radical (unpaired) electrons. The van der Waals surface area contributed by atoms with Gasteiger partial charge in [-0.3, -0.25) is 0 Å². The summed E-state index contributed by atoms with van der Waals surface area (Å²) in [6, 6.07) is 0.301. The Morgan fingerprint density at radius 1 is 1.27 bits per heavy atom. The lowest BCUT2D eigenvalue weighted by molar-refractivity contribution is 0.351. The minimum absolute atomic E-state index is 0.301. The van der Waals surface area contributed by atoms with Crippen molar-refractivity contribution < 1.29 is 0 Å². The zero-order valence-electron chi connectivity index (χ0n) is 8.01. The van der Waals surface area contributed by atoms with E-state index in [0.717, 1.165) is 6.54 Å². The fourth-order valence-electron chi connectivity index (χ4n) is 1.17. The third kappa shape index (κ3) is 4.38. The van der Waals surface area contributed by atoms with Gasteiger partial charge in [-0.25, -0.2) is 0 Å². The molecule has 0 aromatic carbocycles. The van der Waals surface area contributed by atoms with Gasteiger partial charge >= 0.3 is 0 Å². The van der Waals surface area contributed by atoms with Crippen LogP contribution in [0.2, 0.25) is 0 Å². The van der Waals surface area contributed by atoms with Gasteiger partial charge in [-0.05, 0) is 31.7 Å². The summed E-state index contributed by atoms with van der Waals surface area (Å²) in [7, 11) is 0. The van der Waals surface area contributed by atoms with E-state index in [1.54, 1.807) is 0 Å². The molecule has 0 aliphatic carbocycles. The maximum atomic E-state index is 5.75. The van der Waals surface area contributed by atoms with Crippen LogP contribution in [0.5, 0.6) is 0 Å². The van der Waals surface area contributed by atoms with Crippen LogP contribution in [-0.2, 0) is 0 Å². The molecule has 0 fully saturated rings. The maximum absolute atomic E-state index is 5.75. The summed E-state index contributed by atoms with van der Waals surface area (Å²) in [4.78, 5) is 0. The Labute approximate surface area is 70.3 Å². The highest BCUT2D eigenvalue weighted by Gasteiger charge is 2.12. The average molecular weight is 158 g/mol. The molecule has 0 heterocycles. The second-order valence-corrected chi connectivity index (χ2v) is 3.58. The predicted octanol–water partition coefficient (Wildman–Crippen LogP) is 1.34. The zero-order valence-corrected chi connectivity index (χ0v) is 8.01. The van der Waals surface area contributed by atoms with Crippen molar-refractivity contribution >= 4 is 0 Å². The van der Waals surface area contributed by atoms with Gasteiger partial charge in [0.1, 0.15) is 0 Å². The van der Waals surface area contributed by atoms with Gasteiger partial charge in [-0.2, -0.15) is 0 Å². The largest absolute Gasteiger partial charge is 0.330 e. The molecule has 0 aliphatic heterocycles. The molecular formula is C9H22N2. The normalized spacial score (nSPS) is 19.4. The Balaban J connectivity index is 3.62. The Kier molecular flexibility index (Phi) is 5.51. The van der Waals surface area contributed by atoms with Gasteiger partial charge in [0.25, 0.3) is 0 Å². The highest BCUT2D eigenvalue weighted by atomic mass is 14.6. The fraction of sp³-hybridized carbons (Fsp3) is 1.00. The molecule has 3 unspecified atom stereocenters. The molecule has 0 aliphatic rings. The standard InChI is InChI=1S/C9H22N2/c1-4-9(6-10)5-7(2)8(3)11/h7-9H,4-6,10-11H2,1-3H3. The van der Waals surface area contributed by atoms with Crippen molar-refractivity contribution in [1.82, 2.24) is 0 Å². The fourth-order valence-corrected chi connectivity index (χ4v) is 1.17. The van der Waals surface area contributed by atoms with Crippen LogP contribution in [-0.4, -0.2) is 12.6 Å². The first-order valence-electron chi connectivity index (χ1n) is 4.57. The number of hydrogen-bond acceptors (Lipinski definition) is 2. The molecule has 4 N–H and O–H groups in total. The SMILES string of the molecule is CCC(CN)CC(C)C(C)N. The molecule has 3 atom stereocenters. The van der Waals surface area contributed by atoms with Gasteiger partial charge < -0.3 is 11.5 Å². The Bertz CT molecular complexity index is 87.6. The molecule has 0 rings (SSSR count). The van der Waals surface area contributed by atoms with Crippen molar-refractivity contribution in [2.45, 2.75) is 39.7 Å². The predicted molar refractivity (Wildman–Crippen MR) is 50.3 cm³/mol. The van der Waals surface area contributed by atoms with E-state index in [4.69, 9.17) is 11.5 Å². The van der Waals surface area contributed by atoms with Crippen molar-refractivity contribution in [2.24, 2.45) is 23.3 Å². The summed E-state index contributed by atoms with van der Waals surface area (Å²) in [6.45, 7) is 7.25. The monoisotopic (exact) mass is 158 g/mol. The van der Waals surface area contributed by atoms with Gasteiger partial charge in [0.15, 0.2) is 0 Å². The van der Waals surface area contributed by atoms with Gasteiger partial charge in [-0.1, -0.05) is 20.3 Å². The van der Waals surface area contributed by atoms with Crippen LogP contribution in [0.4, 0.5) is 0 Å². The van der Waals surface area contributed by atoms with Crippen molar-refractivity contribution in [2.75, 3.05) is 6.54 Å². The lowest BCUT2D eigenvalue weighted by Gasteiger charge is -2.20. The van der Waals surface area contributed by atoms with Gasteiger partial charge in [0, 0.05) is 6.04 Å². The van der Waals surface area contributed by atoms with E-state index >= 15 is 0 Å². The first-order valence-corrected chi connectivity index (χ1v) is 4.57. The summed E-state index contributed by atoms with van der Waals surface area (Å²) in [5.41, 5.74) is 11.3. The summed E-state index contributed by atoms with van der Waals surface area (Å²) in [5, 5.41) is 0. The van der Waals surface area contributed by atoms with Crippen LogP contribution >= 0.6 is 0 Å². The molecule has 0 saturated carbocycles. The first-order chi connectivity index (χ1) is 5.11. The molecule has 0 spiro atoms. The smallest absolute Gasteiger partial charge is 0.00362 e. The Morgan fingerprint density at radius 2 is 1.82 bits per heavy atom. The van der Waals surface area contributed by atoms with Crippen molar-refractivity contribution in [3.05, 3.63) is 0 Å². The molecule has 0 amide bonds. The van der Waals surface area contributed by atoms with E-state index in [1.165, 1.54) is 12.8 Å². The second kappa shape index (κ2) is 5.56. The first kappa shape index (κ1) is 10.9. The highest BCUT2D eigenvalue weighted by Crippen LogP contribution is 2.15. The lowest BCUT2D eigenvalue weighted by Crippen LogP contribution is -2.28. The number of nitrogens with two attached hydrogens (primary N) is 2. The summed E-state index contributed by atoms with van der Waals surface area (Å²) in [6.07, 6.45) is 2.35. The Hall–Kier alpha value is -0.0800. The highest BCUT2D eigenvalue weighted by molar-refractivity contribution is 4.68. The number of hydrogen-bond donors (Lipinski definition) is 2. The molecule has 0 aromatic rings. The minimum Gasteiger partial charge on any atom is -0.330 e. The molecule has 2 heteroatoms. The van der Waals surface area contributed by atoms with Crippen LogP contribution in [0.25, 0.3) is 0 Å². The molecule has 0 aromatic heterocycles. The summed E-state index contributed by atoms with van der Waals surface area (Å²) in [5.74, 6) is 1.26. The van der Waals surface area contributed by atoms with Crippen LogP contribution in [0.15, 0.2) is 0 Å². The van der Waals surface area contributed by atoms with Gasteiger partial charge in [0.05, 0.1) is 0 Å². The second-order valence-electron chi connectivity index (χ2n) is 3.58. The quantitative estimate of drug-likeness (QED) is 0.634. The van der Waals surface area contributed by atoms with Gasteiger partial charge in [-0.15, -0.1) is 0 Å². The van der Waals surface area contributed by atoms with Crippen LogP contribution in [0, 0.1) is 11.8 Å². The summed E-state index contributed by atoms with van der Waals surface area (Å²) < 4.78 is 0. The topological polar surface area (TPSA) is 52.0 Å². The van der Waals surface area contributed by atoms with Crippen molar-refractivity contribution in [3.63, 3.8) is 0 Å². The van der Waals surface area contributed by atoms with E-state index in [-0.39, 0.29) is 0 Å². The van der Waals surface area contributed by atoms with Crippen molar-refractivity contribution in [1.29, 1.82) is 0 Å². The van der Waals surface area contributed by atoms with Crippen molar-refractivity contribution in [3.8, 4) is 0 Å². The maximum Gasteiger partial charge on any atom is 0.00362 e. The van der Waals surface area contributed by atoms with E-state index < -0.39 is 0 Å². The van der Waals surface area contributed by atoms with Gasteiger partial charge in [0.2, 0.25) is 0 Å². The Morgan fingerprint density at radius 3 is 2.09 bits per heavy atom. The molecular weight excluding hydrogens is 136 g/mol. The van der Waals surface area contributed by atoms with Crippen LogP contribution < -0.4 is 11.5 Å². The molecule has 11 heavy (non-hydrogen) atoms. The average Bonchev–Trinajstić information content (AvgIpc) is 1.99. The van der Waals surface area contributed by atoms with E-state index in [9.17, 15) is 0 Å². The summed E-state index contributed by atoms with van der Waals surface area (Å²) >= 11 is 0. The zero-order chi connectivity index (χ0) is 8.85. The van der Waals surface area contributed by atoms with Crippen LogP contribution in [0.3, 0.4) is 0 Å². The third-order valence-electron chi connectivity index (χ3n) is 2.51. The third-order valence-corrected chi connectivity index (χ3v) is 2.51. The minimum atomic E-state index is 0.301. The van der Waals surface area contributed by atoms with E-state index in [2.05, 4.69) is 20.8 Å². The number of rotatable bonds is 5. The van der Waals surface area contributed by atoms with E-state index in [0.29, 0.717) is 17.9 Å². The molecule has 0 bridgehead atoms. The lowest BCUT2D eigenvalue weighted by atomic mass is 9.90.